The van der Waals surface area contributed by atoms with Gasteiger partial charge in [-0.2, -0.15) is 0 Å². The number of halogens is 2. The van der Waals surface area contributed by atoms with Gasteiger partial charge in [0.25, 0.3) is 0 Å². The first-order chi connectivity index (χ1) is 7.00. The molecule has 1 unspecified atom stereocenters. The van der Waals surface area contributed by atoms with Crippen LogP contribution >= 0.6 is 11.6 Å². The van der Waals surface area contributed by atoms with Gasteiger partial charge in [0, 0.05) is 11.6 Å². The van der Waals surface area contributed by atoms with Crippen LogP contribution in [0.15, 0.2) is 18.2 Å². The molecule has 0 aliphatic heterocycles. The summed E-state index contributed by atoms with van der Waals surface area (Å²) in [6, 6.07) is 4.19. The lowest BCUT2D eigenvalue weighted by atomic mass is 10.2. The SMILES string of the molecule is CC(CNc1ccc(Cl)cc1F)C(=O)O. The maximum absolute atomic E-state index is 13.2. The second-order valence-electron chi connectivity index (χ2n) is 3.24. The van der Waals surface area contributed by atoms with E-state index in [9.17, 15) is 9.18 Å². The number of carboxylic acid groups (broad SMARTS) is 1. The summed E-state index contributed by atoms with van der Waals surface area (Å²) >= 11 is 5.57. The van der Waals surface area contributed by atoms with E-state index >= 15 is 0 Å². The van der Waals surface area contributed by atoms with Gasteiger partial charge < -0.3 is 10.4 Å². The molecule has 0 amide bonds. The lowest BCUT2D eigenvalue weighted by Crippen LogP contribution is -2.19. The van der Waals surface area contributed by atoms with Crippen molar-refractivity contribution in [1.29, 1.82) is 0 Å². The van der Waals surface area contributed by atoms with Crippen molar-refractivity contribution in [3.05, 3.63) is 29.0 Å². The van der Waals surface area contributed by atoms with Crippen molar-refractivity contribution < 1.29 is 14.3 Å². The van der Waals surface area contributed by atoms with Crippen molar-refractivity contribution in [3.63, 3.8) is 0 Å². The van der Waals surface area contributed by atoms with Crippen LogP contribution in [0.2, 0.25) is 5.02 Å². The monoisotopic (exact) mass is 231 g/mol. The van der Waals surface area contributed by atoms with Gasteiger partial charge in [-0.15, -0.1) is 0 Å². The van der Waals surface area contributed by atoms with Crippen LogP contribution in [0.4, 0.5) is 10.1 Å². The van der Waals surface area contributed by atoms with Crippen LogP contribution in [0.3, 0.4) is 0 Å². The van der Waals surface area contributed by atoms with Crippen LogP contribution in [-0.4, -0.2) is 17.6 Å². The standard InChI is InChI=1S/C10H11ClFNO2/c1-6(10(14)15)5-13-9-3-2-7(11)4-8(9)12/h2-4,6,13H,5H2,1H3,(H,14,15). The van der Waals surface area contributed by atoms with Gasteiger partial charge in [0.2, 0.25) is 0 Å². The Balaban J connectivity index is 2.62. The normalized spacial score (nSPS) is 12.2. The average Bonchev–Trinajstić information content (AvgIpc) is 2.15. The molecule has 0 saturated heterocycles. The number of hydrogen-bond acceptors (Lipinski definition) is 2. The van der Waals surface area contributed by atoms with E-state index in [0.717, 1.165) is 0 Å². The van der Waals surface area contributed by atoms with E-state index in [1.165, 1.54) is 12.1 Å². The molecule has 1 atom stereocenters. The lowest BCUT2D eigenvalue weighted by molar-refractivity contribution is -0.140. The van der Waals surface area contributed by atoms with E-state index < -0.39 is 17.7 Å². The Bertz CT molecular complexity index is 370. The number of carbonyl (C=O) groups is 1. The first-order valence-corrected chi connectivity index (χ1v) is 4.80. The molecule has 0 aromatic heterocycles. The van der Waals surface area contributed by atoms with E-state index in [1.54, 1.807) is 13.0 Å². The van der Waals surface area contributed by atoms with Gasteiger partial charge in [-0.3, -0.25) is 4.79 Å². The highest BCUT2D eigenvalue weighted by molar-refractivity contribution is 6.30. The molecule has 0 saturated carbocycles. The van der Waals surface area contributed by atoms with Gasteiger partial charge in [0.15, 0.2) is 0 Å². The second kappa shape index (κ2) is 4.98. The highest BCUT2D eigenvalue weighted by atomic mass is 35.5. The summed E-state index contributed by atoms with van der Waals surface area (Å²) in [5.41, 5.74) is 0.257. The molecule has 0 fully saturated rings. The fourth-order valence-corrected chi connectivity index (χ4v) is 1.14. The number of anilines is 1. The Hall–Kier alpha value is -1.29. The third-order valence-corrected chi connectivity index (χ3v) is 2.19. The minimum Gasteiger partial charge on any atom is -0.481 e. The van der Waals surface area contributed by atoms with E-state index in [4.69, 9.17) is 16.7 Å². The van der Waals surface area contributed by atoms with E-state index in [2.05, 4.69) is 5.32 Å². The summed E-state index contributed by atoms with van der Waals surface area (Å²) in [6.45, 7) is 1.72. The van der Waals surface area contributed by atoms with Gasteiger partial charge in [-0.1, -0.05) is 18.5 Å². The number of hydrogen-bond donors (Lipinski definition) is 2. The molecule has 82 valence electrons. The Morgan fingerprint density at radius 1 is 1.67 bits per heavy atom. The summed E-state index contributed by atoms with van der Waals surface area (Å²) in [7, 11) is 0. The fraction of sp³-hybridized carbons (Fsp3) is 0.300. The molecule has 5 heteroatoms. The van der Waals surface area contributed by atoms with Crippen LogP contribution < -0.4 is 5.32 Å². The van der Waals surface area contributed by atoms with Gasteiger partial charge >= 0.3 is 5.97 Å². The molecular formula is C10H11ClFNO2. The van der Waals surface area contributed by atoms with Crippen LogP contribution in [0.25, 0.3) is 0 Å². The lowest BCUT2D eigenvalue weighted by Gasteiger charge is -2.10. The number of rotatable bonds is 4. The van der Waals surface area contributed by atoms with Crippen LogP contribution in [-0.2, 0) is 4.79 Å². The molecule has 0 radical (unpaired) electrons. The smallest absolute Gasteiger partial charge is 0.308 e. The summed E-state index contributed by atoms with van der Waals surface area (Å²) in [6.07, 6.45) is 0. The quantitative estimate of drug-likeness (QED) is 0.838. The Labute approximate surface area is 91.9 Å². The highest BCUT2D eigenvalue weighted by Crippen LogP contribution is 2.18. The van der Waals surface area contributed by atoms with Crippen molar-refractivity contribution in [1.82, 2.24) is 0 Å². The predicted molar refractivity (Wildman–Crippen MR) is 56.7 cm³/mol. The van der Waals surface area contributed by atoms with E-state index in [-0.39, 0.29) is 12.2 Å². The van der Waals surface area contributed by atoms with Gasteiger partial charge in [-0.25, -0.2) is 4.39 Å². The van der Waals surface area contributed by atoms with Crippen molar-refractivity contribution in [2.24, 2.45) is 5.92 Å². The molecule has 1 aromatic rings. The molecule has 1 rings (SSSR count). The molecule has 2 N–H and O–H groups in total. The average molecular weight is 232 g/mol. The topological polar surface area (TPSA) is 49.3 Å². The first kappa shape index (κ1) is 11.8. The molecule has 0 aliphatic rings. The zero-order valence-electron chi connectivity index (χ0n) is 8.13. The van der Waals surface area contributed by atoms with Crippen molar-refractivity contribution in [2.75, 3.05) is 11.9 Å². The summed E-state index contributed by atoms with van der Waals surface area (Å²) in [5.74, 6) is -1.97. The molecule has 0 aliphatic carbocycles. The largest absolute Gasteiger partial charge is 0.481 e. The molecule has 3 nitrogen and oxygen atoms in total. The number of aliphatic carboxylic acids is 1. The molecule has 15 heavy (non-hydrogen) atoms. The van der Waals surface area contributed by atoms with Crippen molar-refractivity contribution in [2.45, 2.75) is 6.92 Å². The Morgan fingerprint density at radius 3 is 2.87 bits per heavy atom. The van der Waals surface area contributed by atoms with Gasteiger partial charge in [0.1, 0.15) is 5.82 Å². The Kier molecular flexibility index (Phi) is 3.91. The van der Waals surface area contributed by atoms with Crippen molar-refractivity contribution >= 4 is 23.3 Å². The molecule has 0 heterocycles. The molecule has 0 spiro atoms. The number of carboxylic acids is 1. The zero-order valence-corrected chi connectivity index (χ0v) is 8.88. The van der Waals surface area contributed by atoms with E-state index in [0.29, 0.717) is 5.02 Å². The van der Waals surface area contributed by atoms with Gasteiger partial charge in [-0.05, 0) is 18.2 Å². The summed E-state index contributed by atoms with van der Waals surface area (Å²) < 4.78 is 13.2. The second-order valence-corrected chi connectivity index (χ2v) is 3.68. The molecular weight excluding hydrogens is 221 g/mol. The fourth-order valence-electron chi connectivity index (χ4n) is 0.983. The van der Waals surface area contributed by atoms with Gasteiger partial charge in [0.05, 0.1) is 11.6 Å². The van der Waals surface area contributed by atoms with Crippen LogP contribution in [0.5, 0.6) is 0 Å². The van der Waals surface area contributed by atoms with Crippen molar-refractivity contribution in [3.8, 4) is 0 Å². The zero-order chi connectivity index (χ0) is 11.4. The number of nitrogens with one attached hydrogen (secondary N) is 1. The third kappa shape index (κ3) is 3.40. The highest BCUT2D eigenvalue weighted by Gasteiger charge is 2.11. The third-order valence-electron chi connectivity index (χ3n) is 1.95. The summed E-state index contributed by atoms with van der Waals surface area (Å²) in [4.78, 5) is 10.5. The predicted octanol–water partition coefficient (Wildman–Crippen LogP) is 2.61. The molecule has 0 bridgehead atoms. The number of benzene rings is 1. The van der Waals surface area contributed by atoms with Crippen LogP contribution in [0.1, 0.15) is 6.92 Å². The molecule has 1 aromatic carbocycles. The maximum atomic E-state index is 13.2. The van der Waals surface area contributed by atoms with Crippen LogP contribution in [0, 0.1) is 11.7 Å². The van der Waals surface area contributed by atoms with E-state index in [1.807, 2.05) is 0 Å². The summed E-state index contributed by atoms with van der Waals surface area (Å²) in [5, 5.41) is 11.6. The minimum atomic E-state index is -0.920. The minimum absolute atomic E-state index is 0.174. The first-order valence-electron chi connectivity index (χ1n) is 4.42. The Morgan fingerprint density at radius 2 is 2.33 bits per heavy atom. The maximum Gasteiger partial charge on any atom is 0.308 e.